The molecule has 1 aliphatic heterocycles. The van der Waals surface area contributed by atoms with E-state index in [2.05, 4.69) is 6.92 Å². The summed E-state index contributed by atoms with van der Waals surface area (Å²) in [5.41, 5.74) is 0. The standard InChI is InChI=1S/C3H4S2/c1-2-3(4)5-2/h2H,1H3. The highest BCUT2D eigenvalue weighted by Gasteiger charge is 2.24. The van der Waals surface area contributed by atoms with Gasteiger partial charge in [0.2, 0.25) is 0 Å². The lowest BCUT2D eigenvalue weighted by atomic mass is 10.6. The molecule has 1 atom stereocenters. The molecule has 0 spiro atoms. The third kappa shape index (κ3) is 0.637. The molecule has 2 heteroatoms. The highest BCUT2D eigenvalue weighted by atomic mass is 32.2. The van der Waals surface area contributed by atoms with Gasteiger partial charge in [-0.05, 0) is 6.92 Å². The molecule has 1 unspecified atom stereocenters. The van der Waals surface area contributed by atoms with E-state index in [0.29, 0.717) is 5.25 Å². The molecule has 0 radical (unpaired) electrons. The van der Waals surface area contributed by atoms with Crippen molar-refractivity contribution in [2.45, 2.75) is 12.2 Å². The minimum Gasteiger partial charge on any atom is -0.108 e. The Labute approximate surface area is 40.9 Å². The lowest BCUT2D eigenvalue weighted by Gasteiger charge is -1.51. The molecule has 0 saturated carbocycles. The predicted molar refractivity (Wildman–Crippen MR) is 29.7 cm³/mol. The van der Waals surface area contributed by atoms with Gasteiger partial charge in [-0.15, -0.1) is 11.8 Å². The molecule has 1 fully saturated rings. The number of hydrogen-bond acceptors (Lipinski definition) is 2. The van der Waals surface area contributed by atoms with Gasteiger partial charge in [0, 0.05) is 5.25 Å². The summed E-state index contributed by atoms with van der Waals surface area (Å²) in [7, 11) is 0. The second kappa shape index (κ2) is 0.949. The molecule has 1 heterocycles. The second-order valence-corrected chi connectivity index (χ2v) is 3.16. The van der Waals surface area contributed by atoms with Crippen molar-refractivity contribution >= 4 is 28.2 Å². The fourth-order valence-corrected chi connectivity index (χ4v) is 0.854. The number of thioether (sulfide) groups is 1. The first-order valence-electron chi connectivity index (χ1n) is 1.51. The first-order chi connectivity index (χ1) is 2.30. The molecule has 0 aliphatic carbocycles. The molecule has 1 aliphatic rings. The SMILES string of the molecule is CC1SC1=S. The van der Waals surface area contributed by atoms with E-state index in [0.717, 1.165) is 0 Å². The van der Waals surface area contributed by atoms with Crippen LogP contribution in [-0.2, 0) is 0 Å². The summed E-state index contributed by atoms with van der Waals surface area (Å²) in [6.07, 6.45) is 0. The Kier molecular flexibility index (Phi) is 0.688. The van der Waals surface area contributed by atoms with Crippen LogP contribution in [0.2, 0.25) is 0 Å². The van der Waals surface area contributed by atoms with Gasteiger partial charge in [-0.1, -0.05) is 12.2 Å². The van der Waals surface area contributed by atoms with Crippen molar-refractivity contribution in [1.29, 1.82) is 0 Å². The van der Waals surface area contributed by atoms with Crippen LogP contribution < -0.4 is 0 Å². The predicted octanol–water partition coefficient (Wildman–Crippen LogP) is 1.45. The van der Waals surface area contributed by atoms with Crippen molar-refractivity contribution < 1.29 is 0 Å². The molecule has 0 nitrogen and oxygen atoms in total. The summed E-state index contributed by atoms with van der Waals surface area (Å²) in [6.45, 7) is 2.12. The first-order valence-corrected chi connectivity index (χ1v) is 2.80. The molecular formula is C3H4S2. The highest BCUT2D eigenvalue weighted by Crippen LogP contribution is 2.33. The van der Waals surface area contributed by atoms with Crippen LogP contribution >= 0.6 is 24.0 Å². The Morgan fingerprint density at radius 2 is 2.20 bits per heavy atom. The van der Waals surface area contributed by atoms with E-state index in [1.54, 1.807) is 11.8 Å². The molecule has 0 N–H and O–H groups in total. The molecular weight excluding hydrogens is 100 g/mol. The molecule has 0 aromatic carbocycles. The summed E-state index contributed by atoms with van der Waals surface area (Å²) in [6, 6.07) is 0. The number of rotatable bonds is 0. The molecule has 1 saturated heterocycles. The summed E-state index contributed by atoms with van der Waals surface area (Å²) in [5.74, 6) is 0. The van der Waals surface area contributed by atoms with Crippen molar-refractivity contribution in [2.24, 2.45) is 0 Å². The van der Waals surface area contributed by atoms with Gasteiger partial charge in [0.1, 0.15) is 0 Å². The lowest BCUT2D eigenvalue weighted by Crippen LogP contribution is -1.65. The Balaban J connectivity index is 2.47. The van der Waals surface area contributed by atoms with E-state index in [4.69, 9.17) is 12.2 Å². The fraction of sp³-hybridized carbons (Fsp3) is 0.667. The number of hydrogen-bond donors (Lipinski definition) is 0. The first kappa shape index (κ1) is 3.62. The zero-order valence-corrected chi connectivity index (χ0v) is 4.53. The topological polar surface area (TPSA) is 0 Å². The minimum atomic E-state index is 0.699. The fourth-order valence-electron chi connectivity index (χ4n) is 0.140. The molecule has 1 rings (SSSR count). The van der Waals surface area contributed by atoms with Gasteiger partial charge >= 0.3 is 0 Å². The van der Waals surface area contributed by atoms with Crippen LogP contribution in [0, 0.1) is 0 Å². The maximum atomic E-state index is 4.73. The summed E-state index contributed by atoms with van der Waals surface area (Å²) >= 11 is 6.51. The third-order valence-corrected chi connectivity index (χ3v) is 2.28. The van der Waals surface area contributed by atoms with E-state index in [1.807, 2.05) is 0 Å². The van der Waals surface area contributed by atoms with Gasteiger partial charge in [0.05, 0.1) is 4.20 Å². The van der Waals surface area contributed by atoms with Crippen LogP contribution in [-0.4, -0.2) is 9.45 Å². The van der Waals surface area contributed by atoms with Crippen LogP contribution in [0.15, 0.2) is 0 Å². The Bertz CT molecular complexity index is 67.3. The van der Waals surface area contributed by atoms with Crippen molar-refractivity contribution in [3.8, 4) is 0 Å². The van der Waals surface area contributed by atoms with E-state index in [1.165, 1.54) is 4.20 Å². The van der Waals surface area contributed by atoms with E-state index in [9.17, 15) is 0 Å². The molecule has 28 valence electrons. The van der Waals surface area contributed by atoms with Gasteiger partial charge in [-0.3, -0.25) is 0 Å². The van der Waals surface area contributed by atoms with Gasteiger partial charge < -0.3 is 0 Å². The maximum Gasteiger partial charge on any atom is 0.0616 e. The minimum absolute atomic E-state index is 0.699. The molecule has 0 aromatic heterocycles. The zero-order valence-electron chi connectivity index (χ0n) is 2.89. The Morgan fingerprint density at radius 3 is 2.20 bits per heavy atom. The highest BCUT2D eigenvalue weighted by molar-refractivity contribution is 8.34. The molecule has 5 heavy (non-hydrogen) atoms. The van der Waals surface area contributed by atoms with Crippen molar-refractivity contribution in [2.75, 3.05) is 0 Å². The average molecular weight is 104 g/mol. The monoisotopic (exact) mass is 104 g/mol. The second-order valence-electron chi connectivity index (χ2n) is 1.08. The molecule has 0 amide bonds. The van der Waals surface area contributed by atoms with Crippen LogP contribution in [0.1, 0.15) is 6.92 Å². The van der Waals surface area contributed by atoms with Crippen LogP contribution in [0.3, 0.4) is 0 Å². The Morgan fingerprint density at radius 1 is 2.00 bits per heavy atom. The lowest BCUT2D eigenvalue weighted by molar-refractivity contribution is 1.43. The maximum absolute atomic E-state index is 4.73. The van der Waals surface area contributed by atoms with Crippen molar-refractivity contribution in [1.82, 2.24) is 0 Å². The summed E-state index contributed by atoms with van der Waals surface area (Å²) in [5, 5.41) is 0.699. The van der Waals surface area contributed by atoms with Gasteiger partial charge in [-0.2, -0.15) is 0 Å². The molecule has 0 aromatic rings. The van der Waals surface area contributed by atoms with Gasteiger partial charge in [-0.25, -0.2) is 0 Å². The van der Waals surface area contributed by atoms with E-state index in [-0.39, 0.29) is 0 Å². The summed E-state index contributed by atoms with van der Waals surface area (Å²) < 4.78 is 1.17. The molecule has 0 bridgehead atoms. The normalized spacial score (nSPS) is 34.6. The quantitative estimate of drug-likeness (QED) is 0.337. The van der Waals surface area contributed by atoms with Gasteiger partial charge in [0.25, 0.3) is 0 Å². The van der Waals surface area contributed by atoms with Crippen LogP contribution in [0.25, 0.3) is 0 Å². The van der Waals surface area contributed by atoms with Crippen molar-refractivity contribution in [3.63, 3.8) is 0 Å². The third-order valence-electron chi connectivity index (χ3n) is 0.568. The van der Waals surface area contributed by atoms with E-state index >= 15 is 0 Å². The Hall–Kier alpha value is 0.440. The summed E-state index contributed by atoms with van der Waals surface area (Å²) in [4.78, 5) is 0. The van der Waals surface area contributed by atoms with Crippen LogP contribution in [0.4, 0.5) is 0 Å². The number of thiocarbonyl (C=S) groups is 1. The average Bonchev–Trinajstić information content (AvgIpc) is 1.79. The van der Waals surface area contributed by atoms with Gasteiger partial charge in [0.15, 0.2) is 0 Å². The van der Waals surface area contributed by atoms with E-state index < -0.39 is 0 Å². The van der Waals surface area contributed by atoms with Crippen molar-refractivity contribution in [3.05, 3.63) is 0 Å². The largest absolute Gasteiger partial charge is 0.108 e. The smallest absolute Gasteiger partial charge is 0.0616 e. The van der Waals surface area contributed by atoms with Crippen LogP contribution in [0.5, 0.6) is 0 Å². The zero-order chi connectivity index (χ0) is 3.86.